The number of carbonyl (C=O) groups is 1. The van der Waals surface area contributed by atoms with Crippen molar-refractivity contribution in [1.82, 2.24) is 4.31 Å². The molecule has 1 aromatic rings. The van der Waals surface area contributed by atoms with Crippen molar-refractivity contribution in [2.45, 2.75) is 50.0 Å². The fraction of sp³-hybridized carbons (Fsp3) is 0.533. The van der Waals surface area contributed by atoms with E-state index in [2.05, 4.69) is 5.32 Å². The molecule has 1 aromatic carbocycles. The van der Waals surface area contributed by atoms with Gasteiger partial charge in [0, 0.05) is 24.7 Å². The SMILES string of the molecule is C[C@H]1CCCCN1S(=O)(=O)c1ccc2c(c1)CCC(=O)N2. The van der Waals surface area contributed by atoms with Crippen LogP contribution in [0.5, 0.6) is 0 Å². The Balaban J connectivity index is 1.94. The summed E-state index contributed by atoms with van der Waals surface area (Å²) in [5.74, 6) is -0.0113. The highest BCUT2D eigenvalue weighted by Gasteiger charge is 2.31. The maximum atomic E-state index is 12.8. The lowest BCUT2D eigenvalue weighted by atomic mass is 10.0. The number of aryl methyl sites for hydroxylation is 1. The molecule has 21 heavy (non-hydrogen) atoms. The Morgan fingerprint density at radius 1 is 1.24 bits per heavy atom. The van der Waals surface area contributed by atoms with E-state index in [4.69, 9.17) is 0 Å². The molecular weight excluding hydrogens is 288 g/mol. The molecular formula is C15H20N2O3S. The van der Waals surface area contributed by atoms with E-state index >= 15 is 0 Å². The van der Waals surface area contributed by atoms with E-state index in [1.165, 1.54) is 0 Å². The van der Waals surface area contributed by atoms with Crippen molar-refractivity contribution in [1.29, 1.82) is 0 Å². The molecule has 1 fully saturated rings. The molecule has 0 unspecified atom stereocenters. The number of benzene rings is 1. The predicted molar refractivity (Wildman–Crippen MR) is 80.6 cm³/mol. The van der Waals surface area contributed by atoms with Gasteiger partial charge in [-0.15, -0.1) is 0 Å². The van der Waals surface area contributed by atoms with Crippen LogP contribution in [-0.4, -0.2) is 31.2 Å². The van der Waals surface area contributed by atoms with Crippen LogP contribution in [0.2, 0.25) is 0 Å². The largest absolute Gasteiger partial charge is 0.326 e. The number of piperidine rings is 1. The molecule has 1 atom stereocenters. The predicted octanol–water partition coefficient (Wildman–Crippen LogP) is 2.13. The van der Waals surface area contributed by atoms with Gasteiger partial charge in [0.25, 0.3) is 0 Å². The molecule has 2 aliphatic heterocycles. The Kier molecular flexibility index (Phi) is 3.75. The summed E-state index contributed by atoms with van der Waals surface area (Å²) in [5, 5.41) is 2.78. The molecule has 5 nitrogen and oxygen atoms in total. The van der Waals surface area contributed by atoms with Crippen molar-refractivity contribution < 1.29 is 13.2 Å². The molecule has 0 aliphatic carbocycles. The smallest absolute Gasteiger partial charge is 0.243 e. The van der Waals surface area contributed by atoms with Gasteiger partial charge >= 0.3 is 0 Å². The van der Waals surface area contributed by atoms with E-state index in [9.17, 15) is 13.2 Å². The third-order valence-corrected chi connectivity index (χ3v) is 6.33. The lowest BCUT2D eigenvalue weighted by molar-refractivity contribution is -0.116. The summed E-state index contributed by atoms with van der Waals surface area (Å²) in [4.78, 5) is 11.7. The third kappa shape index (κ3) is 2.70. The van der Waals surface area contributed by atoms with Gasteiger partial charge in [-0.05, 0) is 49.9 Å². The topological polar surface area (TPSA) is 66.5 Å². The Morgan fingerprint density at radius 3 is 2.81 bits per heavy atom. The second-order valence-corrected chi connectivity index (χ2v) is 7.72. The zero-order chi connectivity index (χ0) is 15.0. The molecule has 114 valence electrons. The van der Waals surface area contributed by atoms with Gasteiger partial charge in [-0.3, -0.25) is 4.79 Å². The minimum Gasteiger partial charge on any atom is -0.326 e. The number of sulfonamides is 1. The van der Waals surface area contributed by atoms with E-state index in [1.54, 1.807) is 22.5 Å². The van der Waals surface area contributed by atoms with Crippen LogP contribution >= 0.6 is 0 Å². The fourth-order valence-corrected chi connectivity index (χ4v) is 4.84. The molecule has 6 heteroatoms. The highest BCUT2D eigenvalue weighted by atomic mass is 32.2. The highest BCUT2D eigenvalue weighted by Crippen LogP contribution is 2.29. The first kappa shape index (κ1) is 14.5. The van der Waals surface area contributed by atoms with Gasteiger partial charge in [0.05, 0.1) is 4.90 Å². The zero-order valence-electron chi connectivity index (χ0n) is 12.1. The molecule has 2 heterocycles. The van der Waals surface area contributed by atoms with Crippen LogP contribution in [0.25, 0.3) is 0 Å². The Bertz CT molecular complexity index is 669. The average molecular weight is 308 g/mol. The van der Waals surface area contributed by atoms with Crippen molar-refractivity contribution in [3.63, 3.8) is 0 Å². The van der Waals surface area contributed by atoms with Gasteiger partial charge in [-0.25, -0.2) is 8.42 Å². The molecule has 1 saturated heterocycles. The third-order valence-electron chi connectivity index (χ3n) is 4.32. The van der Waals surface area contributed by atoms with Gasteiger partial charge in [-0.1, -0.05) is 6.42 Å². The average Bonchev–Trinajstić information content (AvgIpc) is 2.47. The molecule has 0 aromatic heterocycles. The Hall–Kier alpha value is -1.40. The zero-order valence-corrected chi connectivity index (χ0v) is 12.9. The maximum Gasteiger partial charge on any atom is 0.243 e. The van der Waals surface area contributed by atoms with E-state index in [-0.39, 0.29) is 11.9 Å². The second kappa shape index (κ2) is 5.42. The van der Waals surface area contributed by atoms with Crippen LogP contribution in [-0.2, 0) is 21.2 Å². The molecule has 2 aliphatic rings. The van der Waals surface area contributed by atoms with E-state index in [1.807, 2.05) is 6.92 Å². The van der Waals surface area contributed by atoms with Crippen molar-refractivity contribution in [2.24, 2.45) is 0 Å². The molecule has 0 bridgehead atoms. The number of rotatable bonds is 2. The van der Waals surface area contributed by atoms with Crippen LogP contribution in [0.4, 0.5) is 5.69 Å². The molecule has 0 saturated carbocycles. The first-order chi connectivity index (χ1) is 9.98. The monoisotopic (exact) mass is 308 g/mol. The number of nitrogens with zero attached hydrogens (tertiary/aromatic N) is 1. The summed E-state index contributed by atoms with van der Waals surface area (Å²) < 4.78 is 27.2. The highest BCUT2D eigenvalue weighted by molar-refractivity contribution is 7.89. The van der Waals surface area contributed by atoms with Crippen molar-refractivity contribution in [3.05, 3.63) is 23.8 Å². The lowest BCUT2D eigenvalue weighted by Crippen LogP contribution is -2.41. The van der Waals surface area contributed by atoms with Gasteiger partial charge in [0.1, 0.15) is 0 Å². The Morgan fingerprint density at radius 2 is 2.05 bits per heavy atom. The fourth-order valence-electron chi connectivity index (χ4n) is 3.08. The molecule has 0 radical (unpaired) electrons. The summed E-state index contributed by atoms with van der Waals surface area (Å²) in [5.41, 5.74) is 1.64. The van der Waals surface area contributed by atoms with Crippen LogP contribution in [0, 0.1) is 0 Å². The lowest BCUT2D eigenvalue weighted by Gasteiger charge is -2.32. The second-order valence-electron chi connectivity index (χ2n) is 5.83. The number of hydrogen-bond donors (Lipinski definition) is 1. The normalized spacial score (nSPS) is 23.5. The van der Waals surface area contributed by atoms with Gasteiger partial charge in [0.2, 0.25) is 15.9 Å². The van der Waals surface area contributed by atoms with Gasteiger partial charge in [-0.2, -0.15) is 4.31 Å². The summed E-state index contributed by atoms with van der Waals surface area (Å²) >= 11 is 0. The maximum absolute atomic E-state index is 12.8. The molecule has 0 spiro atoms. The van der Waals surface area contributed by atoms with Crippen LogP contribution in [0.3, 0.4) is 0 Å². The first-order valence-corrected chi connectivity index (χ1v) is 8.87. The quantitative estimate of drug-likeness (QED) is 0.910. The minimum atomic E-state index is -3.44. The number of nitrogens with one attached hydrogen (secondary N) is 1. The van der Waals surface area contributed by atoms with Crippen molar-refractivity contribution >= 4 is 21.6 Å². The number of carbonyl (C=O) groups excluding carboxylic acids is 1. The van der Waals surface area contributed by atoms with Crippen molar-refractivity contribution in [3.8, 4) is 0 Å². The number of anilines is 1. The van der Waals surface area contributed by atoms with Crippen LogP contribution < -0.4 is 5.32 Å². The molecule has 1 amide bonds. The van der Waals surface area contributed by atoms with Crippen LogP contribution in [0.1, 0.15) is 38.2 Å². The van der Waals surface area contributed by atoms with E-state index in [0.717, 1.165) is 30.5 Å². The number of fused-ring (bicyclic) bond motifs is 1. The molecule has 3 rings (SSSR count). The standard InChI is InChI=1S/C15H20N2O3S/c1-11-4-2-3-9-17(11)21(19,20)13-6-7-14-12(10-13)5-8-15(18)16-14/h6-7,10-11H,2-5,8-9H2,1H3,(H,16,18)/t11-/m0/s1. The minimum absolute atomic E-state index is 0.0113. The Labute approximate surface area is 125 Å². The number of amides is 1. The summed E-state index contributed by atoms with van der Waals surface area (Å²) in [7, 11) is -3.44. The molecule has 1 N–H and O–H groups in total. The van der Waals surface area contributed by atoms with E-state index in [0.29, 0.717) is 24.3 Å². The first-order valence-electron chi connectivity index (χ1n) is 7.43. The summed E-state index contributed by atoms with van der Waals surface area (Å²) in [6, 6.07) is 5.07. The summed E-state index contributed by atoms with van der Waals surface area (Å²) in [6.07, 6.45) is 3.94. The van der Waals surface area contributed by atoms with Gasteiger partial charge < -0.3 is 5.32 Å². The van der Waals surface area contributed by atoms with Crippen LogP contribution in [0.15, 0.2) is 23.1 Å². The summed E-state index contributed by atoms with van der Waals surface area (Å²) in [6.45, 7) is 2.56. The number of hydrogen-bond acceptors (Lipinski definition) is 3. The van der Waals surface area contributed by atoms with Gasteiger partial charge in [0.15, 0.2) is 0 Å². The van der Waals surface area contributed by atoms with E-state index < -0.39 is 10.0 Å². The van der Waals surface area contributed by atoms with Crippen molar-refractivity contribution in [2.75, 3.05) is 11.9 Å².